The molecule has 146 valence electrons. The molecule has 0 spiro atoms. The number of aryl methyl sites for hydroxylation is 5. The number of anilines is 1. The monoisotopic (exact) mass is 377 g/mol. The maximum Gasteiger partial charge on any atom is 0.279 e. The summed E-state index contributed by atoms with van der Waals surface area (Å²) in [5, 5.41) is 3.01. The molecule has 5 heteroatoms. The van der Waals surface area contributed by atoms with E-state index in [0.29, 0.717) is 12.1 Å². The number of aromatic nitrogens is 2. The highest BCUT2D eigenvalue weighted by Gasteiger charge is 2.20. The van der Waals surface area contributed by atoms with Crippen LogP contribution < -0.4 is 10.1 Å². The Morgan fingerprint density at radius 3 is 2.04 bits per heavy atom. The lowest BCUT2D eigenvalue weighted by Crippen LogP contribution is -2.18. The molecule has 5 nitrogen and oxygen atoms in total. The van der Waals surface area contributed by atoms with E-state index in [1.54, 1.807) is 0 Å². The second-order valence-electron chi connectivity index (χ2n) is 7.38. The number of carbonyl (C=O) groups excluding carboxylic acids is 1. The maximum atomic E-state index is 13.1. The third-order valence-electron chi connectivity index (χ3n) is 4.82. The van der Waals surface area contributed by atoms with Gasteiger partial charge in [0.25, 0.3) is 5.91 Å². The molecule has 0 saturated heterocycles. The minimum Gasteiger partial charge on any atom is -0.476 e. The van der Waals surface area contributed by atoms with Crippen molar-refractivity contribution in [3.63, 3.8) is 0 Å². The lowest BCUT2D eigenvalue weighted by atomic mass is 10.0. The Balaban J connectivity index is 2.06. The maximum absolute atomic E-state index is 13.1. The van der Waals surface area contributed by atoms with Gasteiger partial charge in [0.1, 0.15) is 0 Å². The van der Waals surface area contributed by atoms with Gasteiger partial charge in [-0.05, 0) is 75.4 Å². The van der Waals surface area contributed by atoms with E-state index in [0.717, 1.165) is 45.4 Å². The van der Waals surface area contributed by atoms with E-state index in [2.05, 4.69) is 27.4 Å². The fourth-order valence-electron chi connectivity index (χ4n) is 3.29. The minimum absolute atomic E-state index is 0.212. The van der Waals surface area contributed by atoms with Crippen molar-refractivity contribution in [3.05, 3.63) is 57.8 Å². The van der Waals surface area contributed by atoms with Crippen LogP contribution in [-0.2, 0) is 0 Å². The van der Waals surface area contributed by atoms with Gasteiger partial charge in [0.05, 0.1) is 17.6 Å². The number of hydrogen-bond acceptors (Lipinski definition) is 4. The number of fused-ring (bicyclic) bond motifs is 1. The zero-order chi connectivity index (χ0) is 20.4. The molecule has 0 unspecified atom stereocenters. The van der Waals surface area contributed by atoms with Gasteiger partial charge in [0, 0.05) is 5.69 Å². The Morgan fingerprint density at radius 1 is 0.893 bits per heavy atom. The van der Waals surface area contributed by atoms with Crippen LogP contribution in [0.2, 0.25) is 0 Å². The Morgan fingerprint density at radius 2 is 1.46 bits per heavy atom. The molecular formula is C23H27N3O2. The normalized spacial score (nSPS) is 10.9. The van der Waals surface area contributed by atoms with Crippen LogP contribution in [0.5, 0.6) is 5.88 Å². The highest BCUT2D eigenvalue weighted by Crippen LogP contribution is 2.26. The number of nitrogens with one attached hydrogen (secondary N) is 1. The van der Waals surface area contributed by atoms with Crippen LogP contribution in [0, 0.1) is 34.6 Å². The summed E-state index contributed by atoms with van der Waals surface area (Å²) in [6.07, 6.45) is 0.823. The van der Waals surface area contributed by atoms with Crippen LogP contribution in [0.25, 0.3) is 11.0 Å². The van der Waals surface area contributed by atoms with E-state index in [1.807, 2.05) is 53.7 Å². The number of nitrogens with zero attached hydrogens (tertiary/aromatic N) is 2. The second kappa shape index (κ2) is 7.97. The molecule has 0 aliphatic heterocycles. The average molecular weight is 377 g/mol. The molecule has 1 amide bonds. The SMILES string of the molecule is CCCOc1nc2cc(C)c(C)cc2nc1C(=O)Nc1c(C)cc(C)cc1C. The molecule has 0 bridgehead atoms. The predicted octanol–water partition coefficient (Wildman–Crippen LogP) is 5.21. The highest BCUT2D eigenvalue weighted by molar-refractivity contribution is 6.06. The van der Waals surface area contributed by atoms with E-state index < -0.39 is 0 Å². The largest absolute Gasteiger partial charge is 0.476 e. The van der Waals surface area contributed by atoms with Crippen LogP contribution in [-0.4, -0.2) is 22.5 Å². The van der Waals surface area contributed by atoms with Crippen LogP contribution in [0.15, 0.2) is 24.3 Å². The molecule has 1 aromatic heterocycles. The summed E-state index contributed by atoms with van der Waals surface area (Å²) >= 11 is 0. The first-order chi connectivity index (χ1) is 13.3. The average Bonchev–Trinajstić information content (AvgIpc) is 2.63. The summed E-state index contributed by atoms with van der Waals surface area (Å²) in [7, 11) is 0. The second-order valence-corrected chi connectivity index (χ2v) is 7.38. The number of benzene rings is 2. The zero-order valence-electron chi connectivity index (χ0n) is 17.4. The van der Waals surface area contributed by atoms with Gasteiger partial charge >= 0.3 is 0 Å². The molecular weight excluding hydrogens is 350 g/mol. The number of hydrogen-bond donors (Lipinski definition) is 1. The Bertz CT molecular complexity index is 1030. The minimum atomic E-state index is -0.311. The molecule has 2 aromatic carbocycles. The van der Waals surface area contributed by atoms with Crippen LogP contribution >= 0.6 is 0 Å². The Kier molecular flexibility index (Phi) is 5.63. The third kappa shape index (κ3) is 3.98. The Hall–Kier alpha value is -2.95. The summed E-state index contributed by atoms with van der Waals surface area (Å²) in [5.74, 6) is -0.0358. The quantitative estimate of drug-likeness (QED) is 0.663. The first kappa shape index (κ1) is 19.8. The number of carbonyl (C=O) groups is 1. The lowest BCUT2D eigenvalue weighted by Gasteiger charge is -2.15. The zero-order valence-corrected chi connectivity index (χ0v) is 17.4. The van der Waals surface area contributed by atoms with Crippen LogP contribution in [0.1, 0.15) is 51.7 Å². The number of amides is 1. The van der Waals surface area contributed by atoms with E-state index >= 15 is 0 Å². The van der Waals surface area contributed by atoms with E-state index in [4.69, 9.17) is 4.74 Å². The molecule has 0 aliphatic carbocycles. The summed E-state index contributed by atoms with van der Waals surface area (Å²) in [5.41, 5.74) is 7.87. The standard InChI is InChI=1S/C23H27N3O2/c1-7-8-28-23-21(24-18-11-14(3)15(4)12-19(18)25-23)22(27)26-20-16(5)9-13(2)10-17(20)6/h9-12H,7-8H2,1-6H3,(H,26,27). The summed E-state index contributed by atoms with van der Waals surface area (Å²) < 4.78 is 5.77. The van der Waals surface area contributed by atoms with E-state index in [9.17, 15) is 4.79 Å². The molecule has 0 saturated carbocycles. The van der Waals surface area contributed by atoms with Crippen molar-refractivity contribution in [3.8, 4) is 5.88 Å². The van der Waals surface area contributed by atoms with Crippen molar-refractivity contribution < 1.29 is 9.53 Å². The number of ether oxygens (including phenoxy) is 1. The Labute approximate surface area is 166 Å². The molecule has 1 N–H and O–H groups in total. The van der Waals surface area contributed by atoms with Crippen molar-refractivity contribution in [2.24, 2.45) is 0 Å². The van der Waals surface area contributed by atoms with Gasteiger partial charge in [0.2, 0.25) is 5.88 Å². The fourth-order valence-corrected chi connectivity index (χ4v) is 3.29. The van der Waals surface area contributed by atoms with Crippen LogP contribution in [0.4, 0.5) is 5.69 Å². The van der Waals surface area contributed by atoms with E-state index in [1.165, 1.54) is 0 Å². The number of rotatable bonds is 5. The van der Waals surface area contributed by atoms with Gasteiger partial charge in [-0.1, -0.05) is 24.6 Å². The molecule has 0 radical (unpaired) electrons. The van der Waals surface area contributed by atoms with Crippen molar-refractivity contribution >= 4 is 22.6 Å². The molecule has 0 aliphatic rings. The van der Waals surface area contributed by atoms with Gasteiger partial charge in [-0.25, -0.2) is 9.97 Å². The molecule has 3 aromatic rings. The smallest absolute Gasteiger partial charge is 0.279 e. The summed E-state index contributed by atoms with van der Waals surface area (Å²) in [4.78, 5) is 22.3. The van der Waals surface area contributed by atoms with Crippen LogP contribution in [0.3, 0.4) is 0 Å². The fraction of sp³-hybridized carbons (Fsp3) is 0.348. The highest BCUT2D eigenvalue weighted by atomic mass is 16.5. The van der Waals surface area contributed by atoms with Crippen molar-refractivity contribution in [2.75, 3.05) is 11.9 Å². The van der Waals surface area contributed by atoms with Crippen molar-refractivity contribution in [1.82, 2.24) is 9.97 Å². The lowest BCUT2D eigenvalue weighted by molar-refractivity contribution is 0.101. The van der Waals surface area contributed by atoms with Gasteiger partial charge in [-0.2, -0.15) is 0 Å². The van der Waals surface area contributed by atoms with Crippen molar-refractivity contribution in [1.29, 1.82) is 0 Å². The van der Waals surface area contributed by atoms with E-state index in [-0.39, 0.29) is 17.5 Å². The van der Waals surface area contributed by atoms with Gasteiger partial charge in [-0.15, -0.1) is 0 Å². The van der Waals surface area contributed by atoms with Gasteiger partial charge in [0.15, 0.2) is 5.69 Å². The van der Waals surface area contributed by atoms with Crippen molar-refractivity contribution in [2.45, 2.75) is 48.0 Å². The first-order valence-corrected chi connectivity index (χ1v) is 9.61. The topological polar surface area (TPSA) is 64.1 Å². The van der Waals surface area contributed by atoms with Gasteiger partial charge < -0.3 is 10.1 Å². The summed E-state index contributed by atoms with van der Waals surface area (Å²) in [6.45, 7) is 12.6. The van der Waals surface area contributed by atoms with Gasteiger partial charge in [-0.3, -0.25) is 4.79 Å². The predicted molar refractivity (Wildman–Crippen MR) is 113 cm³/mol. The molecule has 0 fully saturated rings. The molecule has 1 heterocycles. The third-order valence-corrected chi connectivity index (χ3v) is 4.82. The summed E-state index contributed by atoms with van der Waals surface area (Å²) in [6, 6.07) is 8.04. The first-order valence-electron chi connectivity index (χ1n) is 9.61. The molecule has 3 rings (SSSR count). The molecule has 28 heavy (non-hydrogen) atoms. The molecule has 0 atom stereocenters.